The average Bonchev–Trinajstić information content (AvgIpc) is 2.82. The summed E-state index contributed by atoms with van der Waals surface area (Å²) < 4.78 is 13.2. The third kappa shape index (κ3) is 1.95. The number of Topliss-reactive ketones (excluding diaryl/α,β-unsaturated/α-hetero) is 1. The van der Waals surface area contributed by atoms with Gasteiger partial charge in [0.05, 0.1) is 5.92 Å². The topological polar surface area (TPSA) is 17.1 Å². The van der Waals surface area contributed by atoms with E-state index < -0.39 is 0 Å². The Morgan fingerprint density at radius 3 is 2.83 bits per heavy atom. The van der Waals surface area contributed by atoms with Crippen molar-refractivity contribution in [2.75, 3.05) is 5.75 Å². The van der Waals surface area contributed by atoms with Gasteiger partial charge in [-0.05, 0) is 23.8 Å². The van der Waals surface area contributed by atoms with Crippen molar-refractivity contribution in [3.63, 3.8) is 0 Å². The highest BCUT2D eigenvalue weighted by Crippen LogP contribution is 2.40. The summed E-state index contributed by atoms with van der Waals surface area (Å²) in [5, 5.41) is 0. The van der Waals surface area contributed by atoms with Gasteiger partial charge >= 0.3 is 0 Å². The Bertz CT molecular complexity index is 609. The summed E-state index contributed by atoms with van der Waals surface area (Å²) in [4.78, 5) is 13.5. The number of carbonyl (C=O) groups excluding carboxylic acids is 1. The maximum atomic E-state index is 13.2. The Morgan fingerprint density at radius 2 is 2.00 bits per heavy atom. The second kappa shape index (κ2) is 4.58. The Kier molecular flexibility index (Phi) is 2.92. The summed E-state index contributed by atoms with van der Waals surface area (Å²) >= 11 is 1.69. The molecule has 1 atom stereocenters. The van der Waals surface area contributed by atoms with E-state index in [0.29, 0.717) is 5.56 Å². The van der Waals surface area contributed by atoms with Crippen LogP contribution in [-0.4, -0.2) is 11.5 Å². The van der Waals surface area contributed by atoms with E-state index in [9.17, 15) is 9.18 Å². The third-order valence-electron chi connectivity index (χ3n) is 3.13. The quantitative estimate of drug-likeness (QED) is 0.760. The van der Waals surface area contributed by atoms with E-state index in [2.05, 4.69) is 0 Å². The van der Waals surface area contributed by atoms with Gasteiger partial charge in [0.2, 0.25) is 0 Å². The number of benzene rings is 2. The van der Waals surface area contributed by atoms with E-state index in [1.807, 2.05) is 24.3 Å². The molecule has 1 heterocycles. The minimum atomic E-state index is -0.361. The van der Waals surface area contributed by atoms with Gasteiger partial charge in [-0.1, -0.05) is 30.3 Å². The van der Waals surface area contributed by atoms with Crippen molar-refractivity contribution in [3.8, 4) is 0 Å². The van der Waals surface area contributed by atoms with Crippen molar-refractivity contribution in [2.24, 2.45) is 0 Å². The molecule has 0 amide bonds. The molecular weight excluding hydrogens is 247 g/mol. The van der Waals surface area contributed by atoms with E-state index in [0.717, 1.165) is 16.2 Å². The molecule has 0 radical (unpaired) electrons. The second-order valence-corrected chi connectivity index (χ2v) is 5.34. The Balaban J connectivity index is 1.96. The Hall–Kier alpha value is -1.61. The number of thioether (sulfide) groups is 1. The summed E-state index contributed by atoms with van der Waals surface area (Å²) in [5.41, 5.74) is 1.52. The van der Waals surface area contributed by atoms with E-state index in [-0.39, 0.29) is 17.5 Å². The number of carbonyl (C=O) groups is 1. The molecule has 1 aliphatic rings. The van der Waals surface area contributed by atoms with Gasteiger partial charge in [0.25, 0.3) is 0 Å². The largest absolute Gasteiger partial charge is 0.293 e. The molecule has 0 bridgehead atoms. The van der Waals surface area contributed by atoms with Gasteiger partial charge in [-0.25, -0.2) is 4.39 Å². The molecule has 0 saturated carbocycles. The molecule has 0 saturated heterocycles. The van der Waals surface area contributed by atoms with Gasteiger partial charge in [0.15, 0.2) is 5.78 Å². The number of rotatable bonds is 2. The minimum Gasteiger partial charge on any atom is -0.293 e. The molecule has 3 rings (SSSR count). The molecule has 0 aliphatic carbocycles. The zero-order chi connectivity index (χ0) is 12.5. The van der Waals surface area contributed by atoms with Gasteiger partial charge in [-0.2, -0.15) is 0 Å². The first-order valence-electron chi connectivity index (χ1n) is 5.77. The SMILES string of the molecule is O=C(c1cccc(F)c1)C1CSc2ccccc21. The summed E-state index contributed by atoms with van der Waals surface area (Å²) in [6, 6.07) is 13.9. The predicted molar refractivity (Wildman–Crippen MR) is 70.6 cm³/mol. The first-order valence-corrected chi connectivity index (χ1v) is 6.76. The first kappa shape index (κ1) is 11.5. The van der Waals surface area contributed by atoms with Crippen LogP contribution in [0.1, 0.15) is 21.8 Å². The van der Waals surface area contributed by atoms with Crippen LogP contribution in [0.25, 0.3) is 0 Å². The lowest BCUT2D eigenvalue weighted by atomic mass is 9.92. The molecule has 90 valence electrons. The van der Waals surface area contributed by atoms with Crippen LogP contribution in [0, 0.1) is 5.82 Å². The Labute approximate surface area is 109 Å². The number of ketones is 1. The van der Waals surface area contributed by atoms with Gasteiger partial charge < -0.3 is 0 Å². The normalized spacial score (nSPS) is 17.5. The molecule has 0 aromatic heterocycles. The van der Waals surface area contributed by atoms with Crippen molar-refractivity contribution in [1.29, 1.82) is 0 Å². The van der Waals surface area contributed by atoms with Gasteiger partial charge in [0.1, 0.15) is 5.82 Å². The summed E-state index contributed by atoms with van der Waals surface area (Å²) in [5.74, 6) is 0.244. The average molecular weight is 258 g/mol. The second-order valence-electron chi connectivity index (χ2n) is 4.28. The van der Waals surface area contributed by atoms with Gasteiger partial charge in [0, 0.05) is 16.2 Å². The van der Waals surface area contributed by atoms with E-state index in [4.69, 9.17) is 0 Å². The number of hydrogen-bond donors (Lipinski definition) is 0. The maximum Gasteiger partial charge on any atom is 0.171 e. The standard InChI is InChI=1S/C15H11FOS/c16-11-5-3-4-10(8-11)15(17)13-9-18-14-7-2-1-6-12(13)14/h1-8,13H,9H2. The molecule has 1 unspecified atom stereocenters. The summed E-state index contributed by atoms with van der Waals surface area (Å²) in [6.45, 7) is 0. The van der Waals surface area contributed by atoms with Crippen molar-refractivity contribution in [3.05, 3.63) is 65.5 Å². The molecule has 18 heavy (non-hydrogen) atoms. The van der Waals surface area contributed by atoms with Crippen LogP contribution in [0.2, 0.25) is 0 Å². The predicted octanol–water partition coefficient (Wildman–Crippen LogP) is 3.90. The van der Waals surface area contributed by atoms with E-state index >= 15 is 0 Å². The zero-order valence-electron chi connectivity index (χ0n) is 9.60. The molecule has 1 nitrogen and oxygen atoms in total. The van der Waals surface area contributed by atoms with Crippen LogP contribution in [0.15, 0.2) is 53.4 Å². The lowest BCUT2D eigenvalue weighted by molar-refractivity contribution is 0.0968. The lowest BCUT2D eigenvalue weighted by Gasteiger charge is -2.09. The molecule has 0 N–H and O–H groups in total. The van der Waals surface area contributed by atoms with Crippen LogP contribution in [0.4, 0.5) is 4.39 Å². The monoisotopic (exact) mass is 258 g/mol. The summed E-state index contributed by atoms with van der Waals surface area (Å²) in [7, 11) is 0. The highest BCUT2D eigenvalue weighted by Gasteiger charge is 2.29. The number of hydrogen-bond acceptors (Lipinski definition) is 2. The summed E-state index contributed by atoms with van der Waals surface area (Å²) in [6.07, 6.45) is 0. The smallest absolute Gasteiger partial charge is 0.171 e. The fourth-order valence-corrected chi connectivity index (χ4v) is 3.45. The molecule has 2 aromatic carbocycles. The fraction of sp³-hybridized carbons (Fsp3) is 0.133. The van der Waals surface area contributed by atoms with Crippen LogP contribution >= 0.6 is 11.8 Å². The van der Waals surface area contributed by atoms with Crippen LogP contribution in [-0.2, 0) is 0 Å². The molecule has 1 aliphatic heterocycles. The van der Waals surface area contributed by atoms with Gasteiger partial charge in [-0.15, -0.1) is 11.8 Å². The maximum absolute atomic E-state index is 13.2. The number of fused-ring (bicyclic) bond motifs is 1. The molecule has 0 spiro atoms. The van der Waals surface area contributed by atoms with Crippen molar-refractivity contribution in [1.82, 2.24) is 0 Å². The van der Waals surface area contributed by atoms with Crippen molar-refractivity contribution >= 4 is 17.5 Å². The molecule has 2 aromatic rings. The van der Waals surface area contributed by atoms with Crippen LogP contribution in [0.5, 0.6) is 0 Å². The van der Waals surface area contributed by atoms with Crippen molar-refractivity contribution in [2.45, 2.75) is 10.8 Å². The highest BCUT2D eigenvalue weighted by atomic mass is 32.2. The van der Waals surface area contributed by atoms with Crippen molar-refractivity contribution < 1.29 is 9.18 Å². The zero-order valence-corrected chi connectivity index (χ0v) is 10.4. The molecule has 3 heteroatoms. The molecular formula is C15H11FOS. The lowest BCUT2D eigenvalue weighted by Crippen LogP contribution is -2.12. The molecule has 0 fully saturated rings. The van der Waals surface area contributed by atoms with E-state index in [1.165, 1.54) is 12.1 Å². The first-order chi connectivity index (χ1) is 8.75. The third-order valence-corrected chi connectivity index (χ3v) is 4.31. The van der Waals surface area contributed by atoms with Crippen LogP contribution < -0.4 is 0 Å². The van der Waals surface area contributed by atoms with E-state index in [1.54, 1.807) is 23.9 Å². The highest BCUT2D eigenvalue weighted by molar-refractivity contribution is 7.99. The number of halogens is 1. The Morgan fingerprint density at radius 1 is 1.17 bits per heavy atom. The minimum absolute atomic E-state index is 0.00644. The van der Waals surface area contributed by atoms with Gasteiger partial charge in [-0.3, -0.25) is 4.79 Å². The van der Waals surface area contributed by atoms with Crippen LogP contribution in [0.3, 0.4) is 0 Å². The fourth-order valence-electron chi connectivity index (χ4n) is 2.22.